The average molecular weight is 694 g/mol. The number of alkyl halides is 2. The Labute approximate surface area is 288 Å². The maximum atomic E-state index is 12.4. The van der Waals surface area contributed by atoms with Crippen molar-refractivity contribution in [1.82, 2.24) is 44.9 Å². The molecule has 0 amide bonds. The van der Waals surface area contributed by atoms with Gasteiger partial charge >= 0.3 is 0 Å². The topological polar surface area (TPSA) is 163 Å². The fraction of sp³-hybridized carbons (Fsp3) is 0.545. The van der Waals surface area contributed by atoms with Crippen molar-refractivity contribution >= 4 is 11.6 Å². The van der Waals surface area contributed by atoms with Crippen molar-refractivity contribution in [2.45, 2.75) is 70.2 Å². The molecule has 4 heterocycles. The summed E-state index contributed by atoms with van der Waals surface area (Å²) in [6.07, 6.45) is 8.55. The molecule has 4 aromatic rings. The van der Waals surface area contributed by atoms with Gasteiger partial charge in [-0.2, -0.15) is 5.26 Å². The predicted octanol–water partition coefficient (Wildman–Crippen LogP) is 4.28. The van der Waals surface area contributed by atoms with Crippen LogP contribution in [0.2, 0.25) is 0 Å². The largest absolute Gasteiger partial charge is 0.487 e. The Bertz CT molecular complexity index is 1670. The van der Waals surface area contributed by atoms with Crippen LogP contribution in [0.1, 0.15) is 50.6 Å². The standard InChI is InChI=1S/C33H41F2N11O4/c1-23(19-45-22-39-42-43-45)50-30-15-24(3-4-25(30)16-36)26-17-37-33(38-18-26)40-29-20-46(41-32(29)49-12-2-11-48-21-31(34)35)28-7-5-27(6-8-28)44-9-13-47-14-10-44/h3-4,15,17-18,20,22-23,27-28,31H,2,5-14,19,21H2,1H3,(H,37,38,40)/t23-,27-,28-/m0/s1. The van der Waals surface area contributed by atoms with Gasteiger partial charge in [-0.05, 0) is 60.7 Å². The van der Waals surface area contributed by atoms with Crippen LogP contribution in [0.3, 0.4) is 0 Å². The highest BCUT2D eigenvalue weighted by atomic mass is 19.3. The van der Waals surface area contributed by atoms with Gasteiger partial charge in [-0.3, -0.25) is 9.58 Å². The summed E-state index contributed by atoms with van der Waals surface area (Å²) in [5.41, 5.74) is 2.51. The van der Waals surface area contributed by atoms with Gasteiger partial charge in [-0.25, -0.2) is 23.4 Å². The molecule has 1 N–H and O–H groups in total. The molecule has 3 aromatic heterocycles. The normalized spacial score (nSPS) is 18.9. The third-order valence-electron chi connectivity index (χ3n) is 8.71. The Kier molecular flexibility index (Phi) is 12.1. The van der Waals surface area contributed by atoms with Crippen molar-refractivity contribution in [3.8, 4) is 28.8 Å². The Balaban J connectivity index is 1.12. The molecule has 6 rings (SSSR count). The van der Waals surface area contributed by atoms with E-state index in [9.17, 15) is 14.0 Å². The first-order valence-electron chi connectivity index (χ1n) is 16.9. The van der Waals surface area contributed by atoms with Crippen LogP contribution in [0.15, 0.2) is 43.1 Å². The van der Waals surface area contributed by atoms with E-state index < -0.39 is 13.0 Å². The van der Waals surface area contributed by atoms with Crippen molar-refractivity contribution < 1.29 is 27.7 Å². The first-order chi connectivity index (χ1) is 24.4. The lowest BCUT2D eigenvalue weighted by molar-refractivity contribution is 0.00501. The highest BCUT2D eigenvalue weighted by molar-refractivity contribution is 5.67. The van der Waals surface area contributed by atoms with Crippen LogP contribution in [0.4, 0.5) is 20.4 Å². The smallest absolute Gasteiger partial charge is 0.261 e. The number of nitriles is 1. The first-order valence-corrected chi connectivity index (χ1v) is 16.9. The number of hydrogen-bond acceptors (Lipinski definition) is 13. The molecule has 2 fully saturated rings. The summed E-state index contributed by atoms with van der Waals surface area (Å²) in [5, 5.41) is 28.8. The number of benzene rings is 1. The van der Waals surface area contributed by atoms with Crippen molar-refractivity contribution in [2.75, 3.05) is 51.4 Å². The molecule has 1 aromatic carbocycles. The minimum Gasteiger partial charge on any atom is -0.487 e. The molecule has 1 saturated heterocycles. The summed E-state index contributed by atoms with van der Waals surface area (Å²) < 4.78 is 51.0. The lowest BCUT2D eigenvalue weighted by Gasteiger charge is -2.38. The van der Waals surface area contributed by atoms with Gasteiger partial charge in [0.1, 0.15) is 36.5 Å². The summed E-state index contributed by atoms with van der Waals surface area (Å²) in [5.74, 6) is 1.15. The lowest BCUT2D eigenvalue weighted by atomic mass is 9.90. The number of nitrogens with zero attached hydrogens (tertiary/aromatic N) is 10. The Morgan fingerprint density at radius 2 is 1.84 bits per heavy atom. The summed E-state index contributed by atoms with van der Waals surface area (Å²) in [6.45, 7) is 5.62. The number of morpholine rings is 1. The molecule has 50 heavy (non-hydrogen) atoms. The minimum atomic E-state index is -2.50. The van der Waals surface area contributed by atoms with E-state index >= 15 is 0 Å². The van der Waals surface area contributed by atoms with E-state index in [0.29, 0.717) is 47.8 Å². The van der Waals surface area contributed by atoms with Gasteiger partial charge in [-0.15, -0.1) is 10.2 Å². The van der Waals surface area contributed by atoms with E-state index in [1.807, 2.05) is 23.9 Å². The number of hydrogen-bond donors (Lipinski definition) is 1. The third kappa shape index (κ3) is 9.46. The molecule has 15 nitrogen and oxygen atoms in total. The van der Waals surface area contributed by atoms with Gasteiger partial charge in [-0.1, -0.05) is 6.07 Å². The number of aromatic nitrogens is 8. The molecule has 266 valence electrons. The van der Waals surface area contributed by atoms with E-state index in [-0.39, 0.29) is 25.4 Å². The highest BCUT2D eigenvalue weighted by Gasteiger charge is 2.29. The molecular weight excluding hydrogens is 652 g/mol. The summed E-state index contributed by atoms with van der Waals surface area (Å²) >= 11 is 0. The second-order valence-electron chi connectivity index (χ2n) is 12.3. The van der Waals surface area contributed by atoms with Crippen LogP contribution in [-0.4, -0.2) is 110 Å². The molecule has 0 radical (unpaired) electrons. The molecule has 17 heteroatoms. The molecule has 1 atom stereocenters. The zero-order valence-electron chi connectivity index (χ0n) is 27.9. The minimum absolute atomic E-state index is 0.157. The van der Waals surface area contributed by atoms with Crippen molar-refractivity contribution in [1.29, 1.82) is 5.26 Å². The quantitative estimate of drug-likeness (QED) is 0.166. The number of rotatable bonds is 16. The van der Waals surface area contributed by atoms with E-state index in [0.717, 1.165) is 63.1 Å². The zero-order chi connectivity index (χ0) is 34.7. The molecule has 1 saturated carbocycles. The number of anilines is 2. The molecular formula is C33H41F2N11O4. The predicted molar refractivity (Wildman–Crippen MR) is 176 cm³/mol. The number of ether oxygens (including phenoxy) is 4. The van der Waals surface area contributed by atoms with Crippen LogP contribution < -0.4 is 14.8 Å². The van der Waals surface area contributed by atoms with Gasteiger partial charge in [0.25, 0.3) is 12.3 Å². The number of halogens is 2. The van der Waals surface area contributed by atoms with Crippen LogP contribution >= 0.6 is 0 Å². The summed E-state index contributed by atoms with van der Waals surface area (Å²) in [4.78, 5) is 11.6. The van der Waals surface area contributed by atoms with Gasteiger partial charge in [0, 0.05) is 43.5 Å². The fourth-order valence-electron chi connectivity index (χ4n) is 6.22. The molecule has 1 aliphatic heterocycles. The Hall–Kier alpha value is -4.79. The second kappa shape index (κ2) is 17.2. The van der Waals surface area contributed by atoms with Crippen LogP contribution in [0.5, 0.6) is 11.6 Å². The van der Waals surface area contributed by atoms with E-state index in [1.54, 1.807) is 29.2 Å². The van der Waals surface area contributed by atoms with Crippen LogP contribution in [0, 0.1) is 11.3 Å². The number of nitrogens with one attached hydrogen (secondary N) is 1. The van der Waals surface area contributed by atoms with E-state index in [1.165, 1.54) is 6.33 Å². The zero-order valence-corrected chi connectivity index (χ0v) is 27.9. The van der Waals surface area contributed by atoms with E-state index in [4.69, 9.17) is 24.0 Å². The first kappa shape index (κ1) is 35.1. The summed E-state index contributed by atoms with van der Waals surface area (Å²) in [7, 11) is 0. The molecule has 2 aliphatic rings. The van der Waals surface area contributed by atoms with Gasteiger partial charge < -0.3 is 24.3 Å². The van der Waals surface area contributed by atoms with Gasteiger partial charge in [0.15, 0.2) is 0 Å². The monoisotopic (exact) mass is 693 g/mol. The molecule has 0 spiro atoms. The molecule has 0 unspecified atom stereocenters. The second-order valence-corrected chi connectivity index (χ2v) is 12.3. The van der Waals surface area contributed by atoms with Gasteiger partial charge in [0.05, 0.1) is 50.8 Å². The van der Waals surface area contributed by atoms with E-state index in [2.05, 4.69) is 41.8 Å². The maximum Gasteiger partial charge on any atom is 0.261 e. The molecule has 0 bridgehead atoms. The number of tetrazole rings is 1. The Morgan fingerprint density at radius 3 is 2.56 bits per heavy atom. The highest BCUT2D eigenvalue weighted by Crippen LogP contribution is 2.35. The average Bonchev–Trinajstić information content (AvgIpc) is 3.80. The van der Waals surface area contributed by atoms with Gasteiger partial charge in [0.2, 0.25) is 5.95 Å². The third-order valence-corrected chi connectivity index (χ3v) is 8.71. The van der Waals surface area contributed by atoms with Crippen molar-refractivity contribution in [3.63, 3.8) is 0 Å². The lowest BCUT2D eigenvalue weighted by Crippen LogP contribution is -2.45. The fourth-order valence-corrected chi connectivity index (χ4v) is 6.22. The van der Waals surface area contributed by atoms with Crippen LogP contribution in [0.25, 0.3) is 11.1 Å². The van der Waals surface area contributed by atoms with Crippen molar-refractivity contribution in [3.05, 3.63) is 48.7 Å². The Morgan fingerprint density at radius 1 is 1.06 bits per heavy atom. The SMILES string of the molecule is C[C@@H](Cn1cnnn1)Oc1cc(-c2cnc(Nc3cn([C@H]4CC[C@H](N5CCOCC5)CC4)nc3OCCCOCC(F)F)nc2)ccc1C#N. The summed E-state index contributed by atoms with van der Waals surface area (Å²) in [6, 6.07) is 8.25. The van der Waals surface area contributed by atoms with Crippen molar-refractivity contribution in [2.24, 2.45) is 0 Å². The van der Waals surface area contributed by atoms with Crippen LogP contribution in [-0.2, 0) is 16.0 Å². The maximum absolute atomic E-state index is 12.4. The molecule has 1 aliphatic carbocycles.